The minimum absolute atomic E-state index is 0.0111. The van der Waals surface area contributed by atoms with E-state index < -0.39 is 5.95 Å². The number of nitrogens with zero attached hydrogens (tertiary/aromatic N) is 3. The van der Waals surface area contributed by atoms with Crippen molar-refractivity contribution >= 4 is 5.91 Å². The summed E-state index contributed by atoms with van der Waals surface area (Å²) in [6, 6.07) is 6.63. The van der Waals surface area contributed by atoms with Gasteiger partial charge in [-0.25, -0.2) is 4.98 Å². The van der Waals surface area contributed by atoms with Crippen LogP contribution in [0, 0.1) is 11.9 Å². The number of ether oxygens (including phenoxy) is 2. The molecule has 7 heteroatoms. The van der Waals surface area contributed by atoms with Gasteiger partial charge in [0.15, 0.2) is 0 Å². The van der Waals surface area contributed by atoms with Gasteiger partial charge in [-0.3, -0.25) is 9.78 Å². The van der Waals surface area contributed by atoms with E-state index in [1.54, 1.807) is 18.5 Å². The minimum atomic E-state index is -0.639. The Morgan fingerprint density at radius 1 is 1.26 bits per heavy atom. The molecular formula is C20H22FN3O3. The Hall–Kier alpha value is -2.38. The molecule has 27 heavy (non-hydrogen) atoms. The van der Waals surface area contributed by atoms with Crippen molar-refractivity contribution in [3.05, 3.63) is 59.9 Å². The second kappa shape index (κ2) is 8.10. The van der Waals surface area contributed by atoms with Crippen LogP contribution in [0.1, 0.15) is 28.8 Å². The third-order valence-electron chi connectivity index (χ3n) is 5.24. The van der Waals surface area contributed by atoms with Gasteiger partial charge in [0.2, 0.25) is 5.95 Å². The number of aromatic nitrogens is 2. The van der Waals surface area contributed by atoms with Gasteiger partial charge in [0.05, 0.1) is 32.0 Å². The minimum Gasteiger partial charge on any atom is -0.376 e. The summed E-state index contributed by atoms with van der Waals surface area (Å²) >= 11 is 0. The highest BCUT2D eigenvalue weighted by atomic mass is 19.1. The maximum absolute atomic E-state index is 13.4. The van der Waals surface area contributed by atoms with Crippen LogP contribution >= 0.6 is 0 Å². The van der Waals surface area contributed by atoms with Gasteiger partial charge in [0.1, 0.15) is 0 Å². The van der Waals surface area contributed by atoms with Gasteiger partial charge < -0.3 is 14.4 Å². The van der Waals surface area contributed by atoms with E-state index in [9.17, 15) is 9.18 Å². The van der Waals surface area contributed by atoms with Crippen molar-refractivity contribution in [3.8, 4) is 0 Å². The Morgan fingerprint density at radius 3 is 2.93 bits per heavy atom. The number of hydrogen-bond donors (Lipinski definition) is 0. The summed E-state index contributed by atoms with van der Waals surface area (Å²) in [5.41, 5.74) is 1.42. The van der Waals surface area contributed by atoms with Crippen LogP contribution < -0.4 is 0 Å². The van der Waals surface area contributed by atoms with E-state index in [1.807, 2.05) is 17.0 Å². The second-order valence-electron chi connectivity index (χ2n) is 7.05. The van der Waals surface area contributed by atoms with Crippen LogP contribution in [0.25, 0.3) is 0 Å². The fourth-order valence-corrected chi connectivity index (χ4v) is 3.96. The third-order valence-corrected chi connectivity index (χ3v) is 5.24. The van der Waals surface area contributed by atoms with Crippen LogP contribution in [0.4, 0.5) is 4.39 Å². The van der Waals surface area contributed by atoms with E-state index in [-0.39, 0.29) is 18.1 Å². The zero-order valence-corrected chi connectivity index (χ0v) is 15.0. The number of fused-ring (bicyclic) bond motifs is 1. The molecule has 0 radical (unpaired) electrons. The molecule has 1 aliphatic heterocycles. The van der Waals surface area contributed by atoms with Crippen molar-refractivity contribution in [1.82, 2.24) is 14.9 Å². The number of halogens is 1. The highest BCUT2D eigenvalue weighted by Gasteiger charge is 2.43. The van der Waals surface area contributed by atoms with Crippen LogP contribution in [0.3, 0.4) is 0 Å². The molecule has 1 aliphatic carbocycles. The highest BCUT2D eigenvalue weighted by Crippen LogP contribution is 2.35. The summed E-state index contributed by atoms with van der Waals surface area (Å²) in [5.74, 6) is -0.461. The summed E-state index contributed by atoms with van der Waals surface area (Å²) in [7, 11) is 0. The van der Waals surface area contributed by atoms with Gasteiger partial charge >= 0.3 is 0 Å². The lowest BCUT2D eigenvalue weighted by atomic mass is 10.1. The van der Waals surface area contributed by atoms with Gasteiger partial charge in [-0.15, -0.1) is 0 Å². The normalized spacial score (nSPS) is 24.6. The van der Waals surface area contributed by atoms with Gasteiger partial charge in [0.25, 0.3) is 5.91 Å². The van der Waals surface area contributed by atoms with Gasteiger partial charge in [0, 0.05) is 36.8 Å². The van der Waals surface area contributed by atoms with E-state index in [4.69, 9.17) is 9.47 Å². The van der Waals surface area contributed by atoms with Crippen molar-refractivity contribution in [2.75, 3.05) is 19.8 Å². The summed E-state index contributed by atoms with van der Waals surface area (Å²) in [6.45, 7) is 2.21. The van der Waals surface area contributed by atoms with E-state index in [2.05, 4.69) is 9.97 Å². The molecule has 2 aromatic heterocycles. The quantitative estimate of drug-likeness (QED) is 0.756. The van der Waals surface area contributed by atoms with Gasteiger partial charge in [-0.05, 0) is 42.5 Å². The standard InChI is InChI=1S/C20H22FN3O3/c21-19-11-16(3-6-23-19)20(25)24-7-8-27-18-10-15(9-17(18)24)13-26-12-14-1-4-22-5-2-14/h1-6,11,15,17-18H,7-10,12-13H2/t15-,17-,18+/m0/s1. The van der Waals surface area contributed by atoms with Crippen LogP contribution in [0.15, 0.2) is 42.9 Å². The van der Waals surface area contributed by atoms with Crippen molar-refractivity contribution in [2.45, 2.75) is 31.6 Å². The molecule has 1 saturated carbocycles. The van der Waals surface area contributed by atoms with E-state index >= 15 is 0 Å². The van der Waals surface area contributed by atoms with E-state index in [0.717, 1.165) is 18.4 Å². The first kappa shape index (κ1) is 18.0. The number of morpholine rings is 1. The lowest BCUT2D eigenvalue weighted by molar-refractivity contribution is -0.0450. The molecule has 0 aromatic carbocycles. The number of amides is 1. The summed E-state index contributed by atoms with van der Waals surface area (Å²) in [6.07, 6.45) is 6.55. The SMILES string of the molecule is O=C(c1ccnc(F)c1)N1CCO[C@@H]2C[C@@H](COCc3ccncc3)C[C@@H]21. The van der Waals surface area contributed by atoms with Crippen LogP contribution in [0.2, 0.25) is 0 Å². The third kappa shape index (κ3) is 4.14. The topological polar surface area (TPSA) is 64.6 Å². The fourth-order valence-electron chi connectivity index (χ4n) is 3.96. The van der Waals surface area contributed by atoms with Gasteiger partial charge in [-0.1, -0.05) is 0 Å². The van der Waals surface area contributed by atoms with Gasteiger partial charge in [-0.2, -0.15) is 4.39 Å². The molecule has 0 spiro atoms. The summed E-state index contributed by atoms with van der Waals surface area (Å²) in [5, 5.41) is 0. The summed E-state index contributed by atoms with van der Waals surface area (Å²) in [4.78, 5) is 22.2. The first-order valence-corrected chi connectivity index (χ1v) is 9.21. The lowest BCUT2D eigenvalue weighted by Gasteiger charge is -2.37. The monoisotopic (exact) mass is 371 g/mol. The fraction of sp³-hybridized carbons (Fsp3) is 0.450. The molecular weight excluding hydrogens is 349 g/mol. The molecule has 0 bridgehead atoms. The second-order valence-corrected chi connectivity index (χ2v) is 7.05. The molecule has 3 heterocycles. The maximum atomic E-state index is 13.4. The number of rotatable bonds is 5. The van der Waals surface area contributed by atoms with Crippen LogP contribution in [-0.4, -0.2) is 52.7 Å². The Morgan fingerprint density at radius 2 is 2.11 bits per heavy atom. The molecule has 0 N–H and O–H groups in total. The Bertz CT molecular complexity index is 789. The van der Waals surface area contributed by atoms with Crippen LogP contribution in [0.5, 0.6) is 0 Å². The zero-order valence-electron chi connectivity index (χ0n) is 15.0. The molecule has 2 fully saturated rings. The smallest absolute Gasteiger partial charge is 0.254 e. The molecule has 3 atom stereocenters. The molecule has 1 amide bonds. The van der Waals surface area contributed by atoms with Crippen molar-refractivity contribution in [2.24, 2.45) is 5.92 Å². The predicted octanol–water partition coefficient (Wildman–Crippen LogP) is 2.45. The molecule has 2 aromatic rings. The number of hydrogen-bond acceptors (Lipinski definition) is 5. The van der Waals surface area contributed by atoms with Crippen LogP contribution in [-0.2, 0) is 16.1 Å². The maximum Gasteiger partial charge on any atom is 0.254 e. The Balaban J connectivity index is 1.36. The van der Waals surface area contributed by atoms with Crippen molar-refractivity contribution in [1.29, 1.82) is 0 Å². The van der Waals surface area contributed by atoms with Crippen molar-refractivity contribution < 1.29 is 18.7 Å². The van der Waals surface area contributed by atoms with Crippen molar-refractivity contribution in [3.63, 3.8) is 0 Å². The Labute approximate surface area is 157 Å². The number of pyridine rings is 2. The molecule has 2 aliphatic rings. The van der Waals surface area contributed by atoms with E-state index in [1.165, 1.54) is 12.3 Å². The lowest BCUT2D eigenvalue weighted by Crippen LogP contribution is -2.51. The first-order valence-electron chi connectivity index (χ1n) is 9.21. The Kier molecular flexibility index (Phi) is 5.40. The molecule has 1 saturated heterocycles. The predicted molar refractivity (Wildman–Crippen MR) is 95.4 cm³/mol. The molecule has 142 valence electrons. The molecule has 4 rings (SSSR count). The average Bonchev–Trinajstić information content (AvgIpc) is 3.11. The first-order chi connectivity index (χ1) is 13.2. The number of carbonyl (C=O) groups excluding carboxylic acids is 1. The molecule has 6 nitrogen and oxygen atoms in total. The molecule has 0 unspecified atom stereocenters. The largest absolute Gasteiger partial charge is 0.376 e. The zero-order chi connectivity index (χ0) is 18.6. The average molecular weight is 371 g/mol. The number of carbonyl (C=O) groups is 1. The highest BCUT2D eigenvalue weighted by molar-refractivity contribution is 5.94. The summed E-state index contributed by atoms with van der Waals surface area (Å²) < 4.78 is 25.1. The van der Waals surface area contributed by atoms with E-state index in [0.29, 0.717) is 37.8 Å².